The molecule has 0 aromatic heterocycles. The number of hydrogen-bond acceptors (Lipinski definition) is 3. The van der Waals surface area contributed by atoms with Gasteiger partial charge in [-0.05, 0) is 19.3 Å². The summed E-state index contributed by atoms with van der Waals surface area (Å²) in [5.41, 5.74) is 0. The molecule has 0 aromatic rings. The largest absolute Gasteiger partial charge is 0.379 e. The van der Waals surface area contributed by atoms with Crippen LogP contribution in [0.5, 0.6) is 0 Å². The standard InChI is InChI=1S/C11H18O3/c12-11(9-3-1-2-4-9)8-14-10-5-6-13-7-10/h9-10H,1-8H2. The molecule has 0 radical (unpaired) electrons. The zero-order chi connectivity index (χ0) is 9.80. The average Bonchev–Trinajstić information content (AvgIpc) is 2.87. The molecule has 80 valence electrons. The second kappa shape index (κ2) is 4.89. The molecule has 1 aliphatic heterocycles. The van der Waals surface area contributed by atoms with Crippen LogP contribution < -0.4 is 0 Å². The Morgan fingerprint density at radius 1 is 1.29 bits per heavy atom. The first-order valence-electron chi connectivity index (χ1n) is 5.58. The van der Waals surface area contributed by atoms with Crippen molar-refractivity contribution in [1.29, 1.82) is 0 Å². The van der Waals surface area contributed by atoms with E-state index >= 15 is 0 Å². The minimum Gasteiger partial charge on any atom is -0.379 e. The van der Waals surface area contributed by atoms with Crippen LogP contribution in [-0.4, -0.2) is 31.7 Å². The molecule has 3 nitrogen and oxygen atoms in total. The van der Waals surface area contributed by atoms with Gasteiger partial charge in [-0.25, -0.2) is 0 Å². The molecular weight excluding hydrogens is 180 g/mol. The van der Waals surface area contributed by atoms with Crippen molar-refractivity contribution in [1.82, 2.24) is 0 Å². The number of rotatable bonds is 4. The van der Waals surface area contributed by atoms with Crippen molar-refractivity contribution in [3.05, 3.63) is 0 Å². The van der Waals surface area contributed by atoms with Gasteiger partial charge in [0.2, 0.25) is 0 Å². The first kappa shape index (κ1) is 10.1. The van der Waals surface area contributed by atoms with Gasteiger partial charge in [-0.15, -0.1) is 0 Å². The predicted octanol–water partition coefficient (Wildman–Crippen LogP) is 1.55. The maximum Gasteiger partial charge on any atom is 0.161 e. The Kier molecular flexibility index (Phi) is 3.54. The zero-order valence-electron chi connectivity index (χ0n) is 8.54. The van der Waals surface area contributed by atoms with Crippen molar-refractivity contribution in [2.75, 3.05) is 19.8 Å². The van der Waals surface area contributed by atoms with E-state index in [1.165, 1.54) is 12.8 Å². The Labute approximate surface area is 84.8 Å². The summed E-state index contributed by atoms with van der Waals surface area (Å²) in [5, 5.41) is 0. The van der Waals surface area contributed by atoms with Gasteiger partial charge in [0, 0.05) is 12.5 Å². The highest BCUT2D eigenvalue weighted by Crippen LogP contribution is 2.25. The molecule has 14 heavy (non-hydrogen) atoms. The average molecular weight is 198 g/mol. The zero-order valence-corrected chi connectivity index (χ0v) is 8.54. The third-order valence-electron chi connectivity index (χ3n) is 3.16. The SMILES string of the molecule is O=C(COC1CCOC1)C1CCCC1. The van der Waals surface area contributed by atoms with Crippen LogP contribution in [0.3, 0.4) is 0 Å². The summed E-state index contributed by atoms with van der Waals surface area (Å²) >= 11 is 0. The molecular formula is C11H18O3. The van der Waals surface area contributed by atoms with Crippen LogP contribution in [0.1, 0.15) is 32.1 Å². The van der Waals surface area contributed by atoms with Crippen LogP contribution in [0.4, 0.5) is 0 Å². The molecule has 1 aliphatic carbocycles. The van der Waals surface area contributed by atoms with E-state index in [1.807, 2.05) is 0 Å². The summed E-state index contributed by atoms with van der Waals surface area (Å²) in [6.45, 7) is 1.75. The van der Waals surface area contributed by atoms with Crippen LogP contribution >= 0.6 is 0 Å². The van der Waals surface area contributed by atoms with E-state index in [2.05, 4.69) is 0 Å². The first-order chi connectivity index (χ1) is 6.86. The molecule has 0 bridgehead atoms. The van der Waals surface area contributed by atoms with Crippen molar-refractivity contribution in [2.45, 2.75) is 38.2 Å². The van der Waals surface area contributed by atoms with Crippen molar-refractivity contribution >= 4 is 5.78 Å². The van der Waals surface area contributed by atoms with Gasteiger partial charge in [-0.1, -0.05) is 12.8 Å². The van der Waals surface area contributed by atoms with E-state index in [1.54, 1.807) is 0 Å². The van der Waals surface area contributed by atoms with Crippen LogP contribution in [0.2, 0.25) is 0 Å². The summed E-state index contributed by atoms with van der Waals surface area (Å²) < 4.78 is 10.7. The monoisotopic (exact) mass is 198 g/mol. The van der Waals surface area contributed by atoms with Gasteiger partial charge in [0.25, 0.3) is 0 Å². The van der Waals surface area contributed by atoms with E-state index < -0.39 is 0 Å². The number of carbonyl (C=O) groups excluding carboxylic acids is 1. The Morgan fingerprint density at radius 2 is 2.07 bits per heavy atom. The molecule has 1 saturated heterocycles. The number of ketones is 1. The number of hydrogen-bond donors (Lipinski definition) is 0. The topological polar surface area (TPSA) is 35.5 Å². The maximum atomic E-state index is 11.6. The summed E-state index contributed by atoms with van der Waals surface area (Å²) in [6, 6.07) is 0. The summed E-state index contributed by atoms with van der Waals surface area (Å²) in [4.78, 5) is 11.6. The normalized spacial score (nSPS) is 28.4. The van der Waals surface area contributed by atoms with Crippen LogP contribution in [0, 0.1) is 5.92 Å². The third kappa shape index (κ3) is 2.55. The lowest BCUT2D eigenvalue weighted by atomic mass is 10.0. The molecule has 1 heterocycles. The molecule has 3 heteroatoms. The van der Waals surface area contributed by atoms with Crippen LogP contribution in [-0.2, 0) is 14.3 Å². The van der Waals surface area contributed by atoms with E-state index in [-0.39, 0.29) is 12.0 Å². The lowest BCUT2D eigenvalue weighted by Gasteiger charge is -2.11. The van der Waals surface area contributed by atoms with Gasteiger partial charge < -0.3 is 9.47 Å². The Balaban J connectivity index is 1.66. The quantitative estimate of drug-likeness (QED) is 0.687. The van der Waals surface area contributed by atoms with Gasteiger partial charge in [-0.2, -0.15) is 0 Å². The van der Waals surface area contributed by atoms with Gasteiger partial charge in [0.05, 0.1) is 12.7 Å². The molecule has 0 spiro atoms. The molecule has 1 atom stereocenters. The highest BCUT2D eigenvalue weighted by molar-refractivity contribution is 5.82. The van der Waals surface area contributed by atoms with Gasteiger partial charge in [0.1, 0.15) is 6.61 Å². The number of carbonyl (C=O) groups is 1. The highest BCUT2D eigenvalue weighted by Gasteiger charge is 2.24. The third-order valence-corrected chi connectivity index (χ3v) is 3.16. The van der Waals surface area contributed by atoms with Gasteiger partial charge in [-0.3, -0.25) is 4.79 Å². The summed E-state index contributed by atoms with van der Waals surface area (Å²) in [5.74, 6) is 0.590. The lowest BCUT2D eigenvalue weighted by molar-refractivity contribution is -0.129. The number of ether oxygens (including phenoxy) is 2. The minimum atomic E-state index is 0.167. The number of Topliss-reactive ketones (excluding diaryl/α,β-unsaturated/α-hetero) is 1. The second-order valence-electron chi connectivity index (χ2n) is 4.24. The predicted molar refractivity (Wildman–Crippen MR) is 52.1 cm³/mol. The van der Waals surface area contributed by atoms with Crippen molar-refractivity contribution in [2.24, 2.45) is 5.92 Å². The molecule has 0 N–H and O–H groups in total. The fourth-order valence-electron chi connectivity index (χ4n) is 2.21. The molecule has 2 rings (SSSR count). The molecule has 0 amide bonds. The Hall–Kier alpha value is -0.410. The van der Waals surface area contributed by atoms with E-state index in [0.717, 1.165) is 25.9 Å². The van der Waals surface area contributed by atoms with Crippen molar-refractivity contribution < 1.29 is 14.3 Å². The maximum absolute atomic E-state index is 11.6. The Bertz CT molecular complexity index is 191. The highest BCUT2D eigenvalue weighted by atomic mass is 16.5. The van der Waals surface area contributed by atoms with Crippen molar-refractivity contribution in [3.8, 4) is 0 Å². The first-order valence-corrected chi connectivity index (χ1v) is 5.58. The second-order valence-corrected chi connectivity index (χ2v) is 4.24. The minimum absolute atomic E-state index is 0.167. The van der Waals surface area contributed by atoms with E-state index in [4.69, 9.17) is 9.47 Å². The Morgan fingerprint density at radius 3 is 2.71 bits per heavy atom. The van der Waals surface area contributed by atoms with Crippen LogP contribution in [0.15, 0.2) is 0 Å². The van der Waals surface area contributed by atoms with Gasteiger partial charge in [0.15, 0.2) is 5.78 Å². The fraction of sp³-hybridized carbons (Fsp3) is 0.909. The summed E-state index contributed by atoms with van der Waals surface area (Å²) in [6.07, 6.45) is 5.68. The van der Waals surface area contributed by atoms with Gasteiger partial charge >= 0.3 is 0 Å². The van der Waals surface area contributed by atoms with E-state index in [9.17, 15) is 4.79 Å². The molecule has 1 unspecified atom stereocenters. The molecule has 1 saturated carbocycles. The van der Waals surface area contributed by atoms with E-state index in [0.29, 0.717) is 19.0 Å². The molecule has 2 fully saturated rings. The molecule has 0 aromatic carbocycles. The van der Waals surface area contributed by atoms with Crippen LogP contribution in [0.25, 0.3) is 0 Å². The fourth-order valence-corrected chi connectivity index (χ4v) is 2.21. The van der Waals surface area contributed by atoms with Crippen molar-refractivity contribution in [3.63, 3.8) is 0 Å². The summed E-state index contributed by atoms with van der Waals surface area (Å²) in [7, 11) is 0. The lowest BCUT2D eigenvalue weighted by Crippen LogP contribution is -2.22. The smallest absolute Gasteiger partial charge is 0.161 e. The molecule has 2 aliphatic rings.